The summed E-state index contributed by atoms with van der Waals surface area (Å²) in [4.78, 5) is 12.8. The van der Waals surface area contributed by atoms with Crippen LogP contribution >= 0.6 is 23.2 Å². The molecular formula is C11H14Cl2N2O. The summed E-state index contributed by atoms with van der Waals surface area (Å²) in [5.74, 6) is -0.361. The van der Waals surface area contributed by atoms with E-state index in [9.17, 15) is 4.79 Å². The maximum absolute atomic E-state index is 11.0. The molecule has 1 unspecified atom stereocenters. The molecule has 16 heavy (non-hydrogen) atoms. The van der Waals surface area contributed by atoms with Crippen LogP contribution in [-0.2, 0) is 11.3 Å². The molecule has 1 aromatic carbocycles. The van der Waals surface area contributed by atoms with Gasteiger partial charge in [-0.1, -0.05) is 35.3 Å². The highest BCUT2D eigenvalue weighted by Gasteiger charge is 2.16. The number of nitrogens with two attached hydrogens (primary N) is 1. The van der Waals surface area contributed by atoms with Crippen molar-refractivity contribution in [2.75, 3.05) is 7.05 Å². The third kappa shape index (κ3) is 3.11. The lowest BCUT2D eigenvalue weighted by Crippen LogP contribution is -2.39. The number of halogens is 2. The van der Waals surface area contributed by atoms with Crippen LogP contribution < -0.4 is 5.73 Å². The van der Waals surface area contributed by atoms with Crippen LogP contribution in [0.1, 0.15) is 12.5 Å². The largest absolute Gasteiger partial charge is 0.368 e. The second-order valence-electron chi connectivity index (χ2n) is 3.71. The molecule has 1 aromatic rings. The molecule has 0 aliphatic rings. The first-order valence-corrected chi connectivity index (χ1v) is 5.61. The molecule has 1 amide bonds. The molecule has 0 bridgehead atoms. The lowest BCUT2D eigenvalue weighted by molar-refractivity contribution is -0.122. The Morgan fingerprint density at radius 1 is 1.50 bits per heavy atom. The van der Waals surface area contributed by atoms with Crippen LogP contribution in [0.3, 0.4) is 0 Å². The van der Waals surface area contributed by atoms with Crippen molar-refractivity contribution in [3.63, 3.8) is 0 Å². The molecule has 0 radical (unpaired) electrons. The molecule has 2 N–H and O–H groups in total. The van der Waals surface area contributed by atoms with Crippen molar-refractivity contribution in [3.05, 3.63) is 33.8 Å². The summed E-state index contributed by atoms with van der Waals surface area (Å²) in [6.45, 7) is 2.28. The molecule has 0 saturated heterocycles. The van der Waals surface area contributed by atoms with Crippen LogP contribution in [0.2, 0.25) is 10.0 Å². The average molecular weight is 261 g/mol. The normalized spacial score (nSPS) is 12.8. The topological polar surface area (TPSA) is 46.3 Å². The van der Waals surface area contributed by atoms with E-state index < -0.39 is 0 Å². The number of carbonyl (C=O) groups excluding carboxylic acids is 1. The van der Waals surface area contributed by atoms with Crippen molar-refractivity contribution in [1.29, 1.82) is 0 Å². The first-order chi connectivity index (χ1) is 7.43. The third-order valence-electron chi connectivity index (χ3n) is 2.52. The summed E-state index contributed by atoms with van der Waals surface area (Å²) in [6, 6.07) is 5.09. The molecule has 88 valence electrons. The number of hydrogen-bond donors (Lipinski definition) is 1. The summed E-state index contributed by atoms with van der Waals surface area (Å²) < 4.78 is 0. The average Bonchev–Trinajstić information content (AvgIpc) is 2.23. The van der Waals surface area contributed by atoms with E-state index in [2.05, 4.69) is 0 Å². The van der Waals surface area contributed by atoms with Gasteiger partial charge in [0.25, 0.3) is 0 Å². The molecule has 5 heteroatoms. The molecule has 0 aliphatic heterocycles. The fourth-order valence-electron chi connectivity index (χ4n) is 1.29. The molecular weight excluding hydrogens is 247 g/mol. The molecule has 0 heterocycles. The van der Waals surface area contributed by atoms with Crippen molar-refractivity contribution in [3.8, 4) is 0 Å². The predicted molar refractivity (Wildman–Crippen MR) is 66.6 cm³/mol. The minimum Gasteiger partial charge on any atom is -0.368 e. The van der Waals surface area contributed by atoms with Gasteiger partial charge < -0.3 is 5.73 Å². The van der Waals surface area contributed by atoms with E-state index >= 15 is 0 Å². The first kappa shape index (κ1) is 13.3. The molecule has 1 rings (SSSR count). The zero-order valence-electron chi connectivity index (χ0n) is 9.21. The number of carbonyl (C=O) groups is 1. The van der Waals surface area contributed by atoms with Gasteiger partial charge in [-0.2, -0.15) is 0 Å². The molecule has 0 spiro atoms. The van der Waals surface area contributed by atoms with Crippen LogP contribution in [0.25, 0.3) is 0 Å². The zero-order valence-corrected chi connectivity index (χ0v) is 10.7. The maximum Gasteiger partial charge on any atom is 0.234 e. The molecule has 0 aliphatic carbocycles. The Morgan fingerprint density at radius 3 is 2.69 bits per heavy atom. The number of hydrogen-bond acceptors (Lipinski definition) is 2. The Labute approximate surface area is 105 Å². The Hall–Kier alpha value is -0.770. The second kappa shape index (κ2) is 5.53. The highest BCUT2D eigenvalue weighted by atomic mass is 35.5. The minimum absolute atomic E-state index is 0.338. The lowest BCUT2D eigenvalue weighted by atomic mass is 10.2. The summed E-state index contributed by atoms with van der Waals surface area (Å²) in [6.07, 6.45) is 0. The molecule has 0 saturated carbocycles. The van der Waals surface area contributed by atoms with Crippen LogP contribution in [0.4, 0.5) is 0 Å². The van der Waals surface area contributed by atoms with E-state index in [0.29, 0.717) is 16.6 Å². The number of amides is 1. The van der Waals surface area contributed by atoms with Gasteiger partial charge in [0.2, 0.25) is 5.91 Å². The van der Waals surface area contributed by atoms with E-state index in [1.165, 1.54) is 0 Å². The molecule has 0 fully saturated rings. The van der Waals surface area contributed by atoms with Gasteiger partial charge in [-0.25, -0.2) is 0 Å². The van der Waals surface area contributed by atoms with E-state index in [1.54, 1.807) is 13.0 Å². The van der Waals surface area contributed by atoms with Crippen LogP contribution in [0, 0.1) is 0 Å². The highest BCUT2D eigenvalue weighted by molar-refractivity contribution is 6.42. The number of nitrogens with zero attached hydrogens (tertiary/aromatic N) is 1. The van der Waals surface area contributed by atoms with Gasteiger partial charge in [-0.05, 0) is 25.6 Å². The van der Waals surface area contributed by atoms with Crippen molar-refractivity contribution in [1.82, 2.24) is 4.90 Å². The van der Waals surface area contributed by atoms with E-state index in [-0.39, 0.29) is 11.9 Å². The number of primary amides is 1. The van der Waals surface area contributed by atoms with E-state index in [4.69, 9.17) is 28.9 Å². The van der Waals surface area contributed by atoms with Crippen LogP contribution in [0.15, 0.2) is 18.2 Å². The Bertz CT molecular complexity index is 396. The van der Waals surface area contributed by atoms with Gasteiger partial charge in [0.15, 0.2) is 0 Å². The maximum atomic E-state index is 11.0. The van der Waals surface area contributed by atoms with Crippen LogP contribution in [-0.4, -0.2) is 23.9 Å². The third-order valence-corrected chi connectivity index (χ3v) is 3.38. The summed E-state index contributed by atoms with van der Waals surface area (Å²) in [5, 5.41) is 1.03. The fourth-order valence-corrected chi connectivity index (χ4v) is 1.67. The fraction of sp³-hybridized carbons (Fsp3) is 0.364. The Morgan fingerprint density at radius 2 is 2.12 bits per heavy atom. The minimum atomic E-state index is -0.361. The van der Waals surface area contributed by atoms with Gasteiger partial charge in [-0.3, -0.25) is 9.69 Å². The smallest absolute Gasteiger partial charge is 0.234 e. The van der Waals surface area contributed by atoms with Crippen molar-refractivity contribution < 1.29 is 4.79 Å². The monoisotopic (exact) mass is 260 g/mol. The Kier molecular flexibility index (Phi) is 4.59. The standard InChI is InChI=1S/C11H14Cl2N2O/c1-7(11(14)16)15(2)6-8-4-3-5-9(12)10(8)13/h3-5,7H,6H2,1-2H3,(H2,14,16). The lowest BCUT2D eigenvalue weighted by Gasteiger charge is -2.22. The van der Waals surface area contributed by atoms with E-state index in [1.807, 2.05) is 24.1 Å². The summed E-state index contributed by atoms with van der Waals surface area (Å²) in [5.41, 5.74) is 6.10. The van der Waals surface area contributed by atoms with Crippen molar-refractivity contribution in [2.45, 2.75) is 19.5 Å². The van der Waals surface area contributed by atoms with E-state index in [0.717, 1.165) is 5.56 Å². The summed E-state index contributed by atoms with van der Waals surface area (Å²) >= 11 is 11.9. The first-order valence-electron chi connectivity index (χ1n) is 4.86. The number of benzene rings is 1. The quantitative estimate of drug-likeness (QED) is 0.903. The van der Waals surface area contributed by atoms with Gasteiger partial charge in [0.05, 0.1) is 16.1 Å². The Balaban J connectivity index is 2.81. The second-order valence-corrected chi connectivity index (χ2v) is 4.49. The molecule has 3 nitrogen and oxygen atoms in total. The summed E-state index contributed by atoms with van der Waals surface area (Å²) in [7, 11) is 1.81. The van der Waals surface area contributed by atoms with Gasteiger partial charge in [0, 0.05) is 6.54 Å². The highest BCUT2D eigenvalue weighted by Crippen LogP contribution is 2.26. The number of rotatable bonds is 4. The number of likely N-dealkylation sites (N-methyl/N-ethyl adjacent to an activating group) is 1. The predicted octanol–water partition coefficient (Wildman–Crippen LogP) is 2.30. The van der Waals surface area contributed by atoms with Crippen molar-refractivity contribution >= 4 is 29.1 Å². The molecule has 0 aromatic heterocycles. The van der Waals surface area contributed by atoms with Gasteiger partial charge >= 0.3 is 0 Å². The van der Waals surface area contributed by atoms with Crippen LogP contribution in [0.5, 0.6) is 0 Å². The zero-order chi connectivity index (χ0) is 12.3. The van der Waals surface area contributed by atoms with Gasteiger partial charge in [-0.15, -0.1) is 0 Å². The van der Waals surface area contributed by atoms with Gasteiger partial charge in [0.1, 0.15) is 0 Å². The molecule has 1 atom stereocenters. The van der Waals surface area contributed by atoms with Crippen molar-refractivity contribution in [2.24, 2.45) is 5.73 Å². The SMILES string of the molecule is CC(C(N)=O)N(C)Cc1cccc(Cl)c1Cl.